The summed E-state index contributed by atoms with van der Waals surface area (Å²) in [6.07, 6.45) is 7.41. The molecule has 0 N–H and O–H groups in total. The van der Waals surface area contributed by atoms with Crippen LogP contribution in [-0.2, 0) is 11.3 Å². The number of hydrogen-bond donors (Lipinski definition) is 0. The fourth-order valence-electron chi connectivity index (χ4n) is 5.12. The molecule has 0 aliphatic carbocycles. The predicted octanol–water partition coefficient (Wildman–Crippen LogP) is 6.51. The molecule has 0 bridgehead atoms. The van der Waals surface area contributed by atoms with Crippen molar-refractivity contribution in [3.05, 3.63) is 59.8 Å². The number of rotatable bonds is 6. The molecule has 0 radical (unpaired) electrons. The predicted molar refractivity (Wildman–Crippen MR) is 142 cm³/mol. The largest absolute Gasteiger partial charge is 0.444 e. The number of fused-ring (bicyclic) bond motifs is 1. The Labute approximate surface area is 214 Å². The molecule has 194 valence electrons. The normalized spacial score (nSPS) is 15.3. The third-order valence-electron chi connectivity index (χ3n) is 7.04. The van der Waals surface area contributed by atoms with Crippen molar-refractivity contribution in [1.82, 2.24) is 19.4 Å². The summed E-state index contributed by atoms with van der Waals surface area (Å²) >= 11 is 0. The van der Waals surface area contributed by atoms with Gasteiger partial charge in [-0.15, -0.1) is 0 Å². The van der Waals surface area contributed by atoms with Crippen molar-refractivity contribution in [2.75, 3.05) is 19.6 Å². The van der Waals surface area contributed by atoms with Gasteiger partial charge in [0.2, 0.25) is 0 Å². The van der Waals surface area contributed by atoms with Crippen LogP contribution in [0.15, 0.2) is 42.9 Å². The SMILES string of the molecule is CCN(Cc1cc(F)ccc1-n1cc(C2CCN(C(=O)OC(C)(C)C)CC2)c2ccncc21)C(C)C. The van der Waals surface area contributed by atoms with Crippen molar-refractivity contribution in [3.63, 3.8) is 0 Å². The first kappa shape index (κ1) is 26.1. The van der Waals surface area contributed by atoms with Crippen molar-refractivity contribution in [3.8, 4) is 5.69 Å². The summed E-state index contributed by atoms with van der Waals surface area (Å²) in [4.78, 5) is 21.1. The number of carbonyl (C=O) groups is 1. The molecule has 36 heavy (non-hydrogen) atoms. The molecule has 0 unspecified atom stereocenters. The minimum absolute atomic E-state index is 0.224. The van der Waals surface area contributed by atoms with Crippen molar-refractivity contribution in [1.29, 1.82) is 0 Å². The summed E-state index contributed by atoms with van der Waals surface area (Å²) in [6.45, 7) is 15.0. The molecule has 0 atom stereocenters. The maximum atomic E-state index is 14.4. The van der Waals surface area contributed by atoms with Crippen LogP contribution in [0.1, 0.15) is 71.4 Å². The highest BCUT2D eigenvalue weighted by Crippen LogP contribution is 2.36. The summed E-state index contributed by atoms with van der Waals surface area (Å²) < 4.78 is 22.1. The summed E-state index contributed by atoms with van der Waals surface area (Å²) in [6, 6.07) is 7.49. The van der Waals surface area contributed by atoms with E-state index < -0.39 is 5.60 Å². The summed E-state index contributed by atoms with van der Waals surface area (Å²) in [7, 11) is 0. The summed E-state index contributed by atoms with van der Waals surface area (Å²) in [5.74, 6) is 0.0967. The second-order valence-corrected chi connectivity index (χ2v) is 11.0. The summed E-state index contributed by atoms with van der Waals surface area (Å²) in [5.41, 5.74) is 3.71. The van der Waals surface area contributed by atoms with Crippen LogP contribution in [0.4, 0.5) is 9.18 Å². The average Bonchev–Trinajstić information content (AvgIpc) is 3.21. The van der Waals surface area contributed by atoms with Gasteiger partial charge in [0.1, 0.15) is 11.4 Å². The van der Waals surface area contributed by atoms with Crippen molar-refractivity contribution >= 4 is 17.0 Å². The van der Waals surface area contributed by atoms with E-state index in [-0.39, 0.29) is 11.9 Å². The summed E-state index contributed by atoms with van der Waals surface area (Å²) in [5, 5.41) is 1.16. The molecule has 7 heteroatoms. The first-order chi connectivity index (χ1) is 17.1. The Morgan fingerprint density at radius 1 is 1.22 bits per heavy atom. The highest BCUT2D eigenvalue weighted by atomic mass is 19.1. The second kappa shape index (κ2) is 10.6. The van der Waals surface area contributed by atoms with E-state index in [9.17, 15) is 9.18 Å². The van der Waals surface area contributed by atoms with E-state index in [1.54, 1.807) is 6.07 Å². The Bertz CT molecular complexity index is 1210. The van der Waals surface area contributed by atoms with Gasteiger partial charge in [0.05, 0.1) is 17.4 Å². The van der Waals surface area contributed by atoms with Gasteiger partial charge in [0, 0.05) is 43.5 Å². The zero-order valence-electron chi connectivity index (χ0n) is 22.4. The van der Waals surface area contributed by atoms with E-state index >= 15 is 0 Å². The maximum absolute atomic E-state index is 14.4. The molecule has 0 spiro atoms. The molecule has 1 aliphatic heterocycles. The number of benzene rings is 1. The molecule has 6 nitrogen and oxygen atoms in total. The Kier molecular flexibility index (Phi) is 7.69. The van der Waals surface area contributed by atoms with Crippen LogP contribution in [0.2, 0.25) is 0 Å². The Morgan fingerprint density at radius 3 is 2.58 bits per heavy atom. The van der Waals surface area contributed by atoms with Crippen LogP contribution in [0.5, 0.6) is 0 Å². The van der Waals surface area contributed by atoms with E-state index in [0.717, 1.165) is 41.5 Å². The number of aromatic nitrogens is 2. The highest BCUT2D eigenvalue weighted by molar-refractivity contribution is 5.85. The molecular weight excluding hydrogens is 455 g/mol. The van der Waals surface area contributed by atoms with Gasteiger partial charge in [-0.05, 0) is 95.3 Å². The first-order valence-corrected chi connectivity index (χ1v) is 13.0. The topological polar surface area (TPSA) is 50.6 Å². The third kappa shape index (κ3) is 5.72. The number of pyridine rings is 1. The number of amides is 1. The highest BCUT2D eigenvalue weighted by Gasteiger charge is 2.29. The Morgan fingerprint density at radius 2 is 1.94 bits per heavy atom. The number of hydrogen-bond acceptors (Lipinski definition) is 4. The number of nitrogens with zero attached hydrogens (tertiary/aromatic N) is 4. The fraction of sp³-hybridized carbons (Fsp3) is 0.517. The van der Waals surface area contributed by atoms with Crippen LogP contribution >= 0.6 is 0 Å². The molecule has 3 aromatic rings. The number of piperidine rings is 1. The maximum Gasteiger partial charge on any atom is 0.410 e. The number of carbonyl (C=O) groups excluding carboxylic acids is 1. The minimum atomic E-state index is -0.496. The number of ether oxygens (including phenoxy) is 1. The molecule has 2 aromatic heterocycles. The van der Waals surface area contributed by atoms with E-state index in [1.807, 2.05) is 44.1 Å². The van der Waals surface area contributed by atoms with E-state index in [4.69, 9.17) is 4.74 Å². The zero-order chi connectivity index (χ0) is 26.0. The van der Waals surface area contributed by atoms with Crippen LogP contribution in [0.3, 0.4) is 0 Å². The molecule has 1 amide bonds. The van der Waals surface area contributed by atoms with Gasteiger partial charge in [0.15, 0.2) is 0 Å². The van der Waals surface area contributed by atoms with E-state index in [0.29, 0.717) is 31.6 Å². The zero-order valence-corrected chi connectivity index (χ0v) is 22.4. The second-order valence-electron chi connectivity index (χ2n) is 11.0. The molecule has 1 aromatic carbocycles. The van der Waals surface area contributed by atoms with Crippen molar-refractivity contribution in [2.24, 2.45) is 0 Å². The quantitative estimate of drug-likeness (QED) is 0.392. The molecule has 1 fully saturated rings. The van der Waals surface area contributed by atoms with Crippen molar-refractivity contribution < 1.29 is 13.9 Å². The van der Waals surface area contributed by atoms with E-state index in [2.05, 4.69) is 47.5 Å². The van der Waals surface area contributed by atoms with Gasteiger partial charge in [-0.1, -0.05) is 6.92 Å². The van der Waals surface area contributed by atoms with Crippen LogP contribution in [0.25, 0.3) is 16.6 Å². The molecule has 1 aliphatic rings. The van der Waals surface area contributed by atoms with Gasteiger partial charge < -0.3 is 14.2 Å². The first-order valence-electron chi connectivity index (χ1n) is 13.0. The van der Waals surface area contributed by atoms with Gasteiger partial charge in [0.25, 0.3) is 0 Å². The lowest BCUT2D eigenvalue weighted by Crippen LogP contribution is -2.41. The molecule has 1 saturated heterocycles. The smallest absolute Gasteiger partial charge is 0.410 e. The minimum Gasteiger partial charge on any atom is -0.444 e. The molecular formula is C29H39FN4O2. The lowest BCUT2D eigenvalue weighted by atomic mass is 9.89. The molecule has 0 saturated carbocycles. The monoisotopic (exact) mass is 494 g/mol. The molecule has 4 rings (SSSR count). The number of halogens is 1. The van der Waals surface area contributed by atoms with Crippen LogP contribution < -0.4 is 0 Å². The van der Waals surface area contributed by atoms with Gasteiger partial charge >= 0.3 is 6.09 Å². The van der Waals surface area contributed by atoms with Gasteiger partial charge in [-0.2, -0.15) is 0 Å². The van der Waals surface area contributed by atoms with Gasteiger partial charge in [-0.3, -0.25) is 9.88 Å². The van der Waals surface area contributed by atoms with Crippen molar-refractivity contribution in [2.45, 2.75) is 78.5 Å². The van der Waals surface area contributed by atoms with Crippen LogP contribution in [-0.4, -0.2) is 56.7 Å². The standard InChI is InChI=1S/C29H39FN4O2/c1-7-32(20(2)3)18-22-16-23(30)8-9-26(22)34-19-25(24-10-13-31-17-27(24)34)21-11-14-33(15-12-21)28(35)36-29(4,5)6/h8-10,13,16-17,19-21H,7,11-12,14-15,18H2,1-6H3. The number of likely N-dealkylation sites (tertiary alicyclic amines) is 1. The van der Waals surface area contributed by atoms with E-state index in [1.165, 1.54) is 11.6 Å². The third-order valence-corrected chi connectivity index (χ3v) is 7.04. The Hall–Kier alpha value is -2.93. The lowest BCUT2D eigenvalue weighted by Gasteiger charge is -2.33. The Balaban J connectivity index is 1.65. The lowest BCUT2D eigenvalue weighted by molar-refractivity contribution is 0.0205. The fourth-order valence-corrected chi connectivity index (χ4v) is 5.12. The molecule has 3 heterocycles. The average molecular weight is 495 g/mol. The van der Waals surface area contributed by atoms with Crippen LogP contribution in [0, 0.1) is 5.82 Å². The van der Waals surface area contributed by atoms with Gasteiger partial charge in [-0.25, -0.2) is 9.18 Å².